The van der Waals surface area contributed by atoms with Crippen molar-refractivity contribution in [3.8, 4) is 11.5 Å². The van der Waals surface area contributed by atoms with Crippen LogP contribution in [0.15, 0.2) is 24.3 Å². The highest BCUT2D eigenvalue weighted by Crippen LogP contribution is 2.29. The van der Waals surface area contributed by atoms with Crippen molar-refractivity contribution >= 4 is 11.8 Å². The van der Waals surface area contributed by atoms with E-state index in [-0.39, 0.29) is 29.2 Å². The predicted octanol–water partition coefficient (Wildman–Crippen LogP) is 2.91. The van der Waals surface area contributed by atoms with E-state index >= 15 is 0 Å². The van der Waals surface area contributed by atoms with Gasteiger partial charge in [0, 0.05) is 17.4 Å². The molecular weight excluding hydrogens is 344 g/mol. The molecule has 0 radical (unpaired) electrons. The molecular formula is C21H32N2O4. The lowest BCUT2D eigenvalue weighted by molar-refractivity contribution is -0.131. The first-order valence-corrected chi connectivity index (χ1v) is 9.65. The monoisotopic (exact) mass is 376 g/mol. The second-order valence-electron chi connectivity index (χ2n) is 8.10. The lowest BCUT2D eigenvalue weighted by Crippen LogP contribution is -2.45. The van der Waals surface area contributed by atoms with Crippen molar-refractivity contribution in [3.63, 3.8) is 0 Å². The van der Waals surface area contributed by atoms with Crippen molar-refractivity contribution in [2.75, 3.05) is 20.3 Å². The van der Waals surface area contributed by atoms with Gasteiger partial charge in [-0.1, -0.05) is 0 Å². The zero-order chi connectivity index (χ0) is 19.9. The molecule has 0 aromatic heterocycles. The third-order valence-electron chi connectivity index (χ3n) is 4.70. The Morgan fingerprint density at radius 1 is 0.963 bits per heavy atom. The van der Waals surface area contributed by atoms with Gasteiger partial charge in [-0.3, -0.25) is 9.59 Å². The summed E-state index contributed by atoms with van der Waals surface area (Å²) in [6, 6.07) is 7.35. The molecule has 0 spiro atoms. The number of carbonyl (C=O) groups excluding carboxylic acids is 2. The SMILES string of the molecule is COc1ccc(OCCNC(=O)C2CCC(C(=O)NC(C)(C)C)CC2)cc1. The predicted molar refractivity (Wildman–Crippen MR) is 105 cm³/mol. The van der Waals surface area contributed by atoms with Crippen molar-refractivity contribution < 1.29 is 19.1 Å². The highest BCUT2D eigenvalue weighted by molar-refractivity contribution is 5.81. The van der Waals surface area contributed by atoms with Gasteiger partial charge in [-0.05, 0) is 70.7 Å². The first-order chi connectivity index (χ1) is 12.8. The van der Waals surface area contributed by atoms with Crippen LogP contribution in [0.1, 0.15) is 46.5 Å². The maximum absolute atomic E-state index is 12.3. The first-order valence-electron chi connectivity index (χ1n) is 9.65. The lowest BCUT2D eigenvalue weighted by Gasteiger charge is -2.30. The van der Waals surface area contributed by atoms with Crippen molar-refractivity contribution in [1.82, 2.24) is 10.6 Å². The molecule has 2 rings (SSSR count). The van der Waals surface area contributed by atoms with E-state index in [9.17, 15) is 9.59 Å². The van der Waals surface area contributed by atoms with Gasteiger partial charge in [0.15, 0.2) is 0 Å². The van der Waals surface area contributed by atoms with Gasteiger partial charge in [0.05, 0.1) is 13.7 Å². The van der Waals surface area contributed by atoms with E-state index in [0.717, 1.165) is 37.2 Å². The molecule has 1 aromatic rings. The summed E-state index contributed by atoms with van der Waals surface area (Å²) in [6.07, 6.45) is 3.05. The van der Waals surface area contributed by atoms with E-state index in [2.05, 4.69) is 10.6 Å². The van der Waals surface area contributed by atoms with Crippen LogP contribution in [0.25, 0.3) is 0 Å². The maximum atomic E-state index is 12.3. The number of hydrogen-bond donors (Lipinski definition) is 2. The number of methoxy groups -OCH3 is 1. The summed E-state index contributed by atoms with van der Waals surface area (Å²) in [6.45, 7) is 6.84. The number of hydrogen-bond acceptors (Lipinski definition) is 4. The number of rotatable bonds is 7. The molecule has 1 aromatic carbocycles. The van der Waals surface area contributed by atoms with Gasteiger partial charge in [0.25, 0.3) is 0 Å². The van der Waals surface area contributed by atoms with E-state index in [4.69, 9.17) is 9.47 Å². The summed E-state index contributed by atoms with van der Waals surface area (Å²) in [5, 5.41) is 5.97. The van der Waals surface area contributed by atoms with Crippen LogP contribution in [0.3, 0.4) is 0 Å². The molecule has 6 nitrogen and oxygen atoms in total. The van der Waals surface area contributed by atoms with Crippen LogP contribution >= 0.6 is 0 Å². The quantitative estimate of drug-likeness (QED) is 0.718. The van der Waals surface area contributed by atoms with Crippen LogP contribution < -0.4 is 20.1 Å². The molecule has 2 N–H and O–H groups in total. The van der Waals surface area contributed by atoms with Gasteiger partial charge in [-0.25, -0.2) is 0 Å². The van der Waals surface area contributed by atoms with Crippen LogP contribution in [0.2, 0.25) is 0 Å². The highest BCUT2D eigenvalue weighted by Gasteiger charge is 2.31. The summed E-state index contributed by atoms with van der Waals surface area (Å²) < 4.78 is 10.7. The molecule has 0 heterocycles. The smallest absolute Gasteiger partial charge is 0.223 e. The standard InChI is InChI=1S/C21H32N2O4/c1-21(2,3)23-20(25)16-7-5-15(6-8-16)19(24)22-13-14-27-18-11-9-17(26-4)10-12-18/h9-12,15-16H,5-8,13-14H2,1-4H3,(H,22,24)(H,23,25). The molecule has 0 saturated heterocycles. The van der Waals surface area contributed by atoms with E-state index in [0.29, 0.717) is 13.2 Å². The normalized spacial score (nSPS) is 19.9. The average molecular weight is 376 g/mol. The number of ether oxygens (including phenoxy) is 2. The van der Waals surface area contributed by atoms with Gasteiger partial charge in [-0.2, -0.15) is 0 Å². The third kappa shape index (κ3) is 7.12. The summed E-state index contributed by atoms with van der Waals surface area (Å²) in [7, 11) is 1.62. The third-order valence-corrected chi connectivity index (χ3v) is 4.70. The minimum absolute atomic E-state index is 0.00956. The summed E-state index contributed by atoms with van der Waals surface area (Å²) in [5.41, 5.74) is -0.213. The zero-order valence-corrected chi connectivity index (χ0v) is 16.8. The molecule has 1 aliphatic carbocycles. The molecule has 0 aliphatic heterocycles. The Morgan fingerprint density at radius 3 is 2.00 bits per heavy atom. The summed E-state index contributed by atoms with van der Waals surface area (Å²) >= 11 is 0. The van der Waals surface area contributed by atoms with Crippen molar-refractivity contribution in [3.05, 3.63) is 24.3 Å². The minimum atomic E-state index is -0.213. The van der Waals surface area contributed by atoms with Gasteiger partial charge in [0.1, 0.15) is 18.1 Å². The van der Waals surface area contributed by atoms with Gasteiger partial charge in [0.2, 0.25) is 11.8 Å². The van der Waals surface area contributed by atoms with E-state index < -0.39 is 0 Å². The molecule has 0 atom stereocenters. The van der Waals surface area contributed by atoms with Gasteiger partial charge < -0.3 is 20.1 Å². The Bertz CT molecular complexity index is 614. The van der Waals surface area contributed by atoms with Gasteiger partial charge >= 0.3 is 0 Å². The van der Waals surface area contributed by atoms with E-state index in [1.165, 1.54) is 0 Å². The average Bonchev–Trinajstić information content (AvgIpc) is 2.64. The van der Waals surface area contributed by atoms with Crippen LogP contribution in [0.5, 0.6) is 11.5 Å². The number of amides is 2. The minimum Gasteiger partial charge on any atom is -0.497 e. The van der Waals surface area contributed by atoms with Crippen LogP contribution in [0, 0.1) is 11.8 Å². The van der Waals surface area contributed by atoms with E-state index in [1.54, 1.807) is 7.11 Å². The Balaban J connectivity index is 1.65. The molecule has 0 bridgehead atoms. The fraction of sp³-hybridized carbons (Fsp3) is 0.619. The van der Waals surface area contributed by atoms with Gasteiger partial charge in [-0.15, -0.1) is 0 Å². The fourth-order valence-electron chi connectivity index (χ4n) is 3.25. The first kappa shape index (κ1) is 21.1. The van der Waals surface area contributed by atoms with Crippen LogP contribution in [0.4, 0.5) is 0 Å². The fourth-order valence-corrected chi connectivity index (χ4v) is 3.25. The Morgan fingerprint density at radius 2 is 1.48 bits per heavy atom. The molecule has 1 saturated carbocycles. The Kier molecular flexibility index (Phi) is 7.51. The molecule has 0 unspecified atom stereocenters. The lowest BCUT2D eigenvalue weighted by atomic mass is 9.81. The number of nitrogens with one attached hydrogen (secondary N) is 2. The largest absolute Gasteiger partial charge is 0.497 e. The highest BCUT2D eigenvalue weighted by atomic mass is 16.5. The molecule has 1 aliphatic rings. The Labute approximate surface area is 162 Å². The summed E-state index contributed by atoms with van der Waals surface area (Å²) in [4.78, 5) is 24.6. The van der Waals surface area contributed by atoms with Crippen molar-refractivity contribution in [2.24, 2.45) is 11.8 Å². The van der Waals surface area contributed by atoms with Crippen molar-refractivity contribution in [1.29, 1.82) is 0 Å². The van der Waals surface area contributed by atoms with Crippen LogP contribution in [-0.2, 0) is 9.59 Å². The molecule has 27 heavy (non-hydrogen) atoms. The maximum Gasteiger partial charge on any atom is 0.223 e. The molecule has 1 fully saturated rings. The second-order valence-corrected chi connectivity index (χ2v) is 8.10. The second kappa shape index (κ2) is 9.62. The molecule has 2 amide bonds. The topological polar surface area (TPSA) is 76.7 Å². The number of benzene rings is 1. The van der Waals surface area contributed by atoms with Crippen LogP contribution in [-0.4, -0.2) is 37.6 Å². The number of carbonyl (C=O) groups is 2. The summed E-state index contributed by atoms with van der Waals surface area (Å²) in [5.74, 6) is 1.70. The Hall–Kier alpha value is -2.24. The van der Waals surface area contributed by atoms with Crippen molar-refractivity contribution in [2.45, 2.75) is 52.0 Å². The molecule has 6 heteroatoms. The van der Waals surface area contributed by atoms with E-state index in [1.807, 2.05) is 45.0 Å². The molecule has 150 valence electrons. The zero-order valence-electron chi connectivity index (χ0n) is 16.8.